The number of imidazole rings is 1. The fourth-order valence-electron chi connectivity index (χ4n) is 3.01. The summed E-state index contributed by atoms with van der Waals surface area (Å²) >= 11 is 0. The molecule has 1 aromatic carbocycles. The standard InChI is InChI=1S/C18H22N4O/c1-11-4-5-12(2)18-17(11)15(13(3)22-18)8-16(23)20-7-6-14-9-19-10-21-14/h4-5,9-10,22H,6-8H2,1-3H3,(H,19,21)(H,20,23). The van der Waals surface area contributed by atoms with Crippen molar-refractivity contribution in [1.29, 1.82) is 0 Å². The van der Waals surface area contributed by atoms with Crippen molar-refractivity contribution in [3.63, 3.8) is 0 Å². The van der Waals surface area contributed by atoms with E-state index in [2.05, 4.69) is 46.2 Å². The SMILES string of the molecule is Cc1[nH]c2c(C)ccc(C)c2c1CC(=O)NCCc1cnc[nH]1. The molecule has 0 spiro atoms. The molecule has 5 nitrogen and oxygen atoms in total. The van der Waals surface area contributed by atoms with E-state index in [1.807, 2.05) is 6.92 Å². The van der Waals surface area contributed by atoms with Gasteiger partial charge in [-0.05, 0) is 37.5 Å². The fourth-order valence-corrected chi connectivity index (χ4v) is 3.01. The van der Waals surface area contributed by atoms with E-state index in [9.17, 15) is 4.79 Å². The summed E-state index contributed by atoms with van der Waals surface area (Å²) in [6.07, 6.45) is 4.59. The molecule has 3 aromatic rings. The molecule has 5 heteroatoms. The minimum Gasteiger partial charge on any atom is -0.358 e. The van der Waals surface area contributed by atoms with Crippen molar-refractivity contribution in [3.8, 4) is 0 Å². The van der Waals surface area contributed by atoms with E-state index in [0.717, 1.165) is 28.9 Å². The summed E-state index contributed by atoms with van der Waals surface area (Å²) in [5.74, 6) is 0.0504. The minimum absolute atomic E-state index is 0.0504. The zero-order valence-corrected chi connectivity index (χ0v) is 13.8. The predicted molar refractivity (Wildman–Crippen MR) is 91.5 cm³/mol. The Balaban J connectivity index is 1.72. The third kappa shape index (κ3) is 3.13. The summed E-state index contributed by atoms with van der Waals surface area (Å²) in [6, 6.07) is 4.23. The van der Waals surface area contributed by atoms with E-state index >= 15 is 0 Å². The Morgan fingerprint density at radius 1 is 1.22 bits per heavy atom. The smallest absolute Gasteiger partial charge is 0.224 e. The van der Waals surface area contributed by atoms with Gasteiger partial charge in [0.1, 0.15) is 0 Å². The second kappa shape index (κ2) is 6.28. The number of benzene rings is 1. The van der Waals surface area contributed by atoms with Crippen molar-refractivity contribution in [1.82, 2.24) is 20.3 Å². The largest absolute Gasteiger partial charge is 0.358 e. The lowest BCUT2D eigenvalue weighted by atomic mass is 10.0. The second-order valence-corrected chi connectivity index (χ2v) is 6.03. The van der Waals surface area contributed by atoms with Crippen LogP contribution in [0, 0.1) is 20.8 Å². The molecule has 0 saturated heterocycles. The van der Waals surface area contributed by atoms with E-state index < -0.39 is 0 Å². The van der Waals surface area contributed by atoms with Crippen LogP contribution >= 0.6 is 0 Å². The summed E-state index contributed by atoms with van der Waals surface area (Å²) in [5.41, 5.74) is 6.75. The van der Waals surface area contributed by atoms with Gasteiger partial charge in [-0.2, -0.15) is 0 Å². The third-order valence-corrected chi connectivity index (χ3v) is 4.30. The number of nitrogens with one attached hydrogen (secondary N) is 3. The summed E-state index contributed by atoms with van der Waals surface area (Å²) in [4.78, 5) is 22.7. The molecular weight excluding hydrogens is 288 g/mol. The van der Waals surface area contributed by atoms with Crippen LogP contribution in [0.15, 0.2) is 24.7 Å². The van der Waals surface area contributed by atoms with Crippen LogP contribution in [-0.2, 0) is 17.6 Å². The number of aryl methyl sites for hydroxylation is 3. The molecule has 2 heterocycles. The molecule has 3 N–H and O–H groups in total. The monoisotopic (exact) mass is 310 g/mol. The van der Waals surface area contributed by atoms with E-state index in [0.29, 0.717) is 13.0 Å². The Morgan fingerprint density at radius 3 is 2.74 bits per heavy atom. The van der Waals surface area contributed by atoms with Gasteiger partial charge in [0.05, 0.1) is 12.7 Å². The predicted octanol–water partition coefficient (Wildman–Crippen LogP) is 2.72. The number of carbonyl (C=O) groups is 1. The van der Waals surface area contributed by atoms with Crippen molar-refractivity contribution >= 4 is 16.8 Å². The number of rotatable bonds is 5. The molecule has 0 radical (unpaired) electrons. The Hall–Kier alpha value is -2.56. The maximum Gasteiger partial charge on any atom is 0.224 e. The number of aromatic nitrogens is 3. The van der Waals surface area contributed by atoms with Gasteiger partial charge in [-0.25, -0.2) is 4.98 Å². The van der Waals surface area contributed by atoms with Gasteiger partial charge in [0.25, 0.3) is 0 Å². The quantitative estimate of drug-likeness (QED) is 0.678. The number of amides is 1. The fraction of sp³-hybridized carbons (Fsp3) is 0.333. The van der Waals surface area contributed by atoms with E-state index in [1.54, 1.807) is 12.5 Å². The van der Waals surface area contributed by atoms with E-state index in [1.165, 1.54) is 16.5 Å². The highest BCUT2D eigenvalue weighted by Gasteiger charge is 2.15. The molecule has 0 unspecified atom stereocenters. The lowest BCUT2D eigenvalue weighted by molar-refractivity contribution is -0.120. The van der Waals surface area contributed by atoms with Crippen molar-refractivity contribution < 1.29 is 4.79 Å². The summed E-state index contributed by atoms with van der Waals surface area (Å²) < 4.78 is 0. The van der Waals surface area contributed by atoms with Crippen molar-refractivity contribution in [2.75, 3.05) is 6.54 Å². The van der Waals surface area contributed by atoms with Gasteiger partial charge in [0, 0.05) is 41.5 Å². The average Bonchev–Trinajstić information content (AvgIpc) is 3.13. The molecule has 0 atom stereocenters. The van der Waals surface area contributed by atoms with Gasteiger partial charge >= 0.3 is 0 Å². The molecule has 23 heavy (non-hydrogen) atoms. The Labute approximate surface area is 135 Å². The number of carbonyl (C=O) groups excluding carboxylic acids is 1. The van der Waals surface area contributed by atoms with Crippen LogP contribution in [0.1, 0.15) is 28.1 Å². The van der Waals surface area contributed by atoms with Crippen molar-refractivity contribution in [3.05, 3.63) is 52.7 Å². The van der Waals surface area contributed by atoms with Crippen molar-refractivity contribution in [2.45, 2.75) is 33.6 Å². The maximum atomic E-state index is 12.3. The molecule has 3 rings (SSSR count). The van der Waals surface area contributed by atoms with Crippen LogP contribution in [0.25, 0.3) is 10.9 Å². The number of H-pyrrole nitrogens is 2. The first-order valence-corrected chi connectivity index (χ1v) is 7.87. The molecule has 0 aliphatic rings. The average molecular weight is 310 g/mol. The summed E-state index contributed by atoms with van der Waals surface area (Å²) in [7, 11) is 0. The van der Waals surface area contributed by atoms with Crippen LogP contribution in [0.3, 0.4) is 0 Å². The molecule has 1 amide bonds. The molecule has 0 aliphatic heterocycles. The van der Waals surface area contributed by atoms with Gasteiger partial charge in [-0.3, -0.25) is 4.79 Å². The van der Waals surface area contributed by atoms with Crippen LogP contribution in [0.5, 0.6) is 0 Å². The second-order valence-electron chi connectivity index (χ2n) is 6.03. The number of aromatic amines is 2. The van der Waals surface area contributed by atoms with Crippen LogP contribution in [0.2, 0.25) is 0 Å². The minimum atomic E-state index is 0.0504. The van der Waals surface area contributed by atoms with Gasteiger partial charge in [-0.1, -0.05) is 12.1 Å². The third-order valence-electron chi connectivity index (χ3n) is 4.30. The van der Waals surface area contributed by atoms with Crippen molar-refractivity contribution in [2.24, 2.45) is 0 Å². The molecule has 2 aromatic heterocycles. The highest BCUT2D eigenvalue weighted by atomic mass is 16.1. The highest BCUT2D eigenvalue weighted by molar-refractivity contribution is 5.93. The first kappa shape index (κ1) is 15.3. The Morgan fingerprint density at radius 2 is 2.00 bits per heavy atom. The molecule has 0 saturated carbocycles. The molecule has 0 fully saturated rings. The topological polar surface area (TPSA) is 73.6 Å². The van der Waals surface area contributed by atoms with Gasteiger partial charge in [-0.15, -0.1) is 0 Å². The highest BCUT2D eigenvalue weighted by Crippen LogP contribution is 2.28. The normalized spacial score (nSPS) is 11.1. The van der Waals surface area contributed by atoms with Crippen LogP contribution in [0.4, 0.5) is 0 Å². The zero-order chi connectivity index (χ0) is 16.4. The molecule has 0 aliphatic carbocycles. The number of fused-ring (bicyclic) bond motifs is 1. The zero-order valence-electron chi connectivity index (χ0n) is 13.8. The van der Waals surface area contributed by atoms with Gasteiger partial charge in [0.15, 0.2) is 0 Å². The molecular formula is C18H22N4O. The molecule has 120 valence electrons. The molecule has 0 bridgehead atoms. The Bertz CT molecular complexity index is 830. The number of hydrogen-bond acceptors (Lipinski definition) is 2. The van der Waals surface area contributed by atoms with Gasteiger partial charge < -0.3 is 15.3 Å². The van der Waals surface area contributed by atoms with Crippen LogP contribution < -0.4 is 5.32 Å². The lowest BCUT2D eigenvalue weighted by Gasteiger charge is -2.06. The van der Waals surface area contributed by atoms with E-state index in [-0.39, 0.29) is 5.91 Å². The maximum absolute atomic E-state index is 12.3. The number of nitrogens with zero attached hydrogens (tertiary/aromatic N) is 1. The summed E-state index contributed by atoms with van der Waals surface area (Å²) in [6.45, 7) is 6.83. The Kier molecular flexibility index (Phi) is 4.19. The van der Waals surface area contributed by atoms with Crippen LogP contribution in [-0.4, -0.2) is 27.4 Å². The van der Waals surface area contributed by atoms with Gasteiger partial charge in [0.2, 0.25) is 5.91 Å². The first-order chi connectivity index (χ1) is 11.1. The first-order valence-electron chi connectivity index (χ1n) is 7.87. The number of hydrogen-bond donors (Lipinski definition) is 3. The van der Waals surface area contributed by atoms with E-state index in [4.69, 9.17) is 0 Å². The summed E-state index contributed by atoms with van der Waals surface area (Å²) in [5, 5.41) is 4.17. The lowest BCUT2D eigenvalue weighted by Crippen LogP contribution is -2.27.